The summed E-state index contributed by atoms with van der Waals surface area (Å²) in [6.45, 7) is 1.64. The lowest BCUT2D eigenvalue weighted by molar-refractivity contribution is -0.142. The molecule has 0 radical (unpaired) electrons. The molecule has 0 N–H and O–H groups in total. The summed E-state index contributed by atoms with van der Waals surface area (Å²) in [7, 11) is 0. The normalized spacial score (nSPS) is 10.8. The minimum Gasteiger partial charge on any atom is -0.466 e. The van der Waals surface area contributed by atoms with E-state index < -0.39 is 29.7 Å². The van der Waals surface area contributed by atoms with Crippen LogP contribution in [-0.4, -0.2) is 18.9 Å². The molecule has 0 heterocycles. The molecule has 0 aliphatic heterocycles. The van der Waals surface area contributed by atoms with Crippen LogP contribution in [0.3, 0.4) is 0 Å². The molecule has 0 saturated carbocycles. The molecule has 7 heteroatoms. The van der Waals surface area contributed by atoms with Gasteiger partial charge in [-0.05, 0) is 24.6 Å². The Hall–Kier alpha value is -2.36. The standard InChI is InChI=1S/C13H10F3NO3/c1-2-20-12(19)5-8-4-11(13(14,15)16)10(7-18)3-9(8)6-17/h3-4,7H,2,5H2,1H3. The number of aldehydes is 1. The second-order valence-electron chi connectivity index (χ2n) is 3.81. The molecule has 1 aromatic carbocycles. The molecule has 0 fully saturated rings. The van der Waals surface area contributed by atoms with Crippen molar-refractivity contribution in [3.63, 3.8) is 0 Å². The summed E-state index contributed by atoms with van der Waals surface area (Å²) in [6.07, 6.45) is -5.18. The number of esters is 1. The fourth-order valence-electron chi connectivity index (χ4n) is 1.62. The first-order chi connectivity index (χ1) is 9.33. The molecule has 0 bridgehead atoms. The van der Waals surface area contributed by atoms with Crippen LogP contribution in [-0.2, 0) is 22.1 Å². The molecular weight excluding hydrogens is 275 g/mol. The third-order valence-corrected chi connectivity index (χ3v) is 2.47. The van der Waals surface area contributed by atoms with Crippen LogP contribution in [0.1, 0.15) is 34.0 Å². The summed E-state index contributed by atoms with van der Waals surface area (Å²) in [6, 6.07) is 3.12. The minimum absolute atomic E-state index is 0.0256. The van der Waals surface area contributed by atoms with E-state index in [1.807, 2.05) is 0 Å². The molecule has 1 rings (SSSR count). The molecule has 0 amide bonds. The van der Waals surface area contributed by atoms with E-state index in [2.05, 4.69) is 4.74 Å². The molecule has 0 saturated heterocycles. The van der Waals surface area contributed by atoms with Gasteiger partial charge in [0.1, 0.15) is 0 Å². The van der Waals surface area contributed by atoms with Gasteiger partial charge in [-0.25, -0.2) is 0 Å². The number of alkyl halides is 3. The van der Waals surface area contributed by atoms with Crippen molar-refractivity contribution in [2.45, 2.75) is 19.5 Å². The van der Waals surface area contributed by atoms with Crippen molar-refractivity contribution in [2.75, 3.05) is 6.61 Å². The number of rotatable bonds is 4. The van der Waals surface area contributed by atoms with E-state index in [-0.39, 0.29) is 24.0 Å². The van der Waals surface area contributed by atoms with Crippen molar-refractivity contribution >= 4 is 12.3 Å². The molecule has 20 heavy (non-hydrogen) atoms. The summed E-state index contributed by atoms with van der Waals surface area (Å²) in [5, 5.41) is 8.88. The van der Waals surface area contributed by atoms with Gasteiger partial charge in [-0.1, -0.05) is 0 Å². The van der Waals surface area contributed by atoms with Gasteiger partial charge in [0.05, 0.1) is 30.2 Å². The van der Waals surface area contributed by atoms with Crippen LogP contribution in [0.2, 0.25) is 0 Å². The highest BCUT2D eigenvalue weighted by Gasteiger charge is 2.34. The van der Waals surface area contributed by atoms with Crippen LogP contribution in [0.25, 0.3) is 0 Å². The molecule has 4 nitrogen and oxygen atoms in total. The maximum Gasteiger partial charge on any atom is 0.417 e. The molecule has 0 aliphatic rings. The molecular formula is C13H10F3NO3. The Morgan fingerprint density at radius 2 is 2.10 bits per heavy atom. The molecule has 0 spiro atoms. The van der Waals surface area contributed by atoms with Crippen molar-refractivity contribution in [3.05, 3.63) is 34.4 Å². The summed E-state index contributed by atoms with van der Waals surface area (Å²) < 4.78 is 43.0. The van der Waals surface area contributed by atoms with Crippen molar-refractivity contribution < 1.29 is 27.5 Å². The maximum absolute atomic E-state index is 12.8. The molecule has 0 aromatic heterocycles. The van der Waals surface area contributed by atoms with Gasteiger partial charge in [0.2, 0.25) is 0 Å². The van der Waals surface area contributed by atoms with Crippen LogP contribution in [0.15, 0.2) is 12.1 Å². The number of nitriles is 1. The largest absolute Gasteiger partial charge is 0.466 e. The van der Waals surface area contributed by atoms with E-state index in [0.717, 1.165) is 6.07 Å². The van der Waals surface area contributed by atoms with E-state index in [1.165, 1.54) is 0 Å². The quantitative estimate of drug-likeness (QED) is 0.629. The van der Waals surface area contributed by atoms with Crippen molar-refractivity contribution in [2.24, 2.45) is 0 Å². The fourth-order valence-corrected chi connectivity index (χ4v) is 1.62. The van der Waals surface area contributed by atoms with E-state index in [4.69, 9.17) is 5.26 Å². The topological polar surface area (TPSA) is 67.2 Å². The molecule has 0 atom stereocenters. The number of carbonyl (C=O) groups excluding carboxylic acids is 2. The Balaban J connectivity index is 3.33. The van der Waals surface area contributed by atoms with Gasteiger partial charge < -0.3 is 4.74 Å². The van der Waals surface area contributed by atoms with Crippen molar-refractivity contribution in [1.29, 1.82) is 5.26 Å². The zero-order chi connectivity index (χ0) is 15.3. The number of hydrogen-bond acceptors (Lipinski definition) is 4. The second kappa shape index (κ2) is 6.19. The third-order valence-electron chi connectivity index (χ3n) is 2.47. The Kier molecular flexibility index (Phi) is 4.86. The highest BCUT2D eigenvalue weighted by atomic mass is 19.4. The monoisotopic (exact) mass is 285 g/mol. The van der Waals surface area contributed by atoms with E-state index in [1.54, 1.807) is 13.0 Å². The number of ether oxygens (including phenoxy) is 1. The van der Waals surface area contributed by atoms with Crippen molar-refractivity contribution in [3.8, 4) is 6.07 Å². The zero-order valence-corrected chi connectivity index (χ0v) is 10.5. The van der Waals surface area contributed by atoms with Crippen molar-refractivity contribution in [1.82, 2.24) is 0 Å². The molecule has 1 aromatic rings. The summed E-state index contributed by atoms with van der Waals surface area (Å²) in [5.74, 6) is -0.740. The lowest BCUT2D eigenvalue weighted by Crippen LogP contribution is -2.14. The van der Waals surface area contributed by atoms with Gasteiger partial charge in [-0.3, -0.25) is 9.59 Å². The first kappa shape index (κ1) is 15.7. The number of benzene rings is 1. The average Bonchev–Trinajstić information content (AvgIpc) is 2.37. The summed E-state index contributed by atoms with van der Waals surface area (Å²) in [4.78, 5) is 22.0. The molecule has 0 unspecified atom stereocenters. The van der Waals surface area contributed by atoms with Crippen LogP contribution in [0, 0.1) is 11.3 Å². The SMILES string of the molecule is CCOC(=O)Cc1cc(C(F)(F)F)c(C=O)cc1C#N. The van der Waals surface area contributed by atoms with Crippen LogP contribution in [0.5, 0.6) is 0 Å². The van der Waals surface area contributed by atoms with Crippen LogP contribution >= 0.6 is 0 Å². The van der Waals surface area contributed by atoms with E-state index >= 15 is 0 Å². The third kappa shape index (κ3) is 3.57. The zero-order valence-electron chi connectivity index (χ0n) is 10.5. The van der Waals surface area contributed by atoms with Gasteiger partial charge in [-0.2, -0.15) is 18.4 Å². The van der Waals surface area contributed by atoms with Gasteiger partial charge in [0.25, 0.3) is 0 Å². The lowest BCUT2D eigenvalue weighted by Gasteiger charge is -2.12. The Morgan fingerprint density at radius 1 is 1.45 bits per heavy atom. The first-order valence-corrected chi connectivity index (χ1v) is 5.58. The number of nitrogens with zero attached hydrogens (tertiary/aromatic N) is 1. The van der Waals surface area contributed by atoms with Gasteiger partial charge >= 0.3 is 12.1 Å². The van der Waals surface area contributed by atoms with Gasteiger partial charge in [0.15, 0.2) is 6.29 Å². The number of carbonyl (C=O) groups is 2. The van der Waals surface area contributed by atoms with E-state index in [0.29, 0.717) is 6.07 Å². The number of hydrogen-bond donors (Lipinski definition) is 0. The summed E-state index contributed by atoms with van der Waals surface area (Å²) >= 11 is 0. The summed E-state index contributed by atoms with van der Waals surface area (Å²) in [5.41, 5.74) is -2.09. The predicted octanol–water partition coefficient (Wildman–Crippen LogP) is 2.50. The molecule has 106 valence electrons. The second-order valence-corrected chi connectivity index (χ2v) is 3.81. The number of halogens is 3. The predicted molar refractivity (Wildman–Crippen MR) is 61.9 cm³/mol. The smallest absolute Gasteiger partial charge is 0.417 e. The van der Waals surface area contributed by atoms with Crippen LogP contribution in [0.4, 0.5) is 13.2 Å². The Labute approximate surface area is 112 Å². The fraction of sp³-hybridized carbons (Fsp3) is 0.308. The highest BCUT2D eigenvalue weighted by molar-refractivity contribution is 5.80. The van der Waals surface area contributed by atoms with E-state index in [9.17, 15) is 22.8 Å². The van der Waals surface area contributed by atoms with Gasteiger partial charge in [-0.15, -0.1) is 0 Å². The van der Waals surface area contributed by atoms with Gasteiger partial charge in [0, 0.05) is 5.56 Å². The lowest BCUT2D eigenvalue weighted by atomic mass is 9.97. The minimum atomic E-state index is -4.74. The first-order valence-electron chi connectivity index (χ1n) is 5.58. The average molecular weight is 285 g/mol. The Morgan fingerprint density at radius 3 is 2.55 bits per heavy atom. The van der Waals surface area contributed by atoms with Crippen LogP contribution < -0.4 is 0 Å². The molecule has 0 aliphatic carbocycles. The Bertz CT molecular complexity index is 573. The maximum atomic E-state index is 12.8. The highest BCUT2D eigenvalue weighted by Crippen LogP contribution is 2.33.